The Bertz CT molecular complexity index is 825. The topological polar surface area (TPSA) is 30.0 Å². The Labute approximate surface area is 174 Å². The minimum atomic E-state index is 0.142. The minimum Gasteiger partial charge on any atom is -0.364 e. The number of benzene rings is 2. The van der Waals surface area contributed by atoms with E-state index in [0.29, 0.717) is 12.6 Å². The van der Waals surface area contributed by atoms with E-state index >= 15 is 0 Å². The highest BCUT2D eigenvalue weighted by molar-refractivity contribution is 5.75. The highest BCUT2D eigenvalue weighted by atomic mass is 16.2. The number of carbonyl (C=O) groups excluding carboxylic acids is 1. The van der Waals surface area contributed by atoms with Gasteiger partial charge in [-0.3, -0.25) is 4.90 Å². The molecule has 2 amide bonds. The average Bonchev–Trinajstić information content (AvgIpc) is 2.90. The maximum atomic E-state index is 13.1. The Kier molecular flexibility index (Phi) is 6.05. The van der Waals surface area contributed by atoms with Crippen LogP contribution in [0.25, 0.3) is 0 Å². The van der Waals surface area contributed by atoms with Crippen LogP contribution < -0.4 is 4.90 Å². The molecule has 2 aromatic rings. The highest BCUT2D eigenvalue weighted by Crippen LogP contribution is 2.30. The smallest absolute Gasteiger partial charge is 0.320 e. The van der Waals surface area contributed by atoms with E-state index < -0.39 is 0 Å². The predicted octanol–water partition coefficient (Wildman–Crippen LogP) is 3.65. The number of nitrogens with zero attached hydrogens (tertiary/aromatic N) is 4. The van der Waals surface area contributed by atoms with Gasteiger partial charge in [0.25, 0.3) is 0 Å². The fraction of sp³-hybridized carbons (Fsp3) is 0.458. The van der Waals surface area contributed by atoms with Gasteiger partial charge in [0.2, 0.25) is 0 Å². The Morgan fingerprint density at radius 1 is 1.03 bits per heavy atom. The monoisotopic (exact) mass is 392 g/mol. The van der Waals surface area contributed by atoms with Gasteiger partial charge in [0.15, 0.2) is 0 Å². The first-order valence-electron chi connectivity index (χ1n) is 10.8. The van der Waals surface area contributed by atoms with Gasteiger partial charge in [0.1, 0.15) is 0 Å². The molecule has 2 aromatic carbocycles. The predicted molar refractivity (Wildman–Crippen MR) is 118 cm³/mol. The molecule has 0 saturated carbocycles. The molecule has 1 saturated heterocycles. The zero-order chi connectivity index (χ0) is 20.2. The molecule has 0 radical (unpaired) electrons. The van der Waals surface area contributed by atoms with Crippen LogP contribution in [0.1, 0.15) is 24.5 Å². The molecule has 0 spiro atoms. The molecule has 0 aromatic heterocycles. The molecule has 5 nitrogen and oxygen atoms in total. The van der Waals surface area contributed by atoms with Crippen molar-refractivity contribution in [3.8, 4) is 0 Å². The lowest BCUT2D eigenvalue weighted by Crippen LogP contribution is -2.57. The molecule has 1 unspecified atom stereocenters. The van der Waals surface area contributed by atoms with Crippen molar-refractivity contribution in [3.05, 3.63) is 65.7 Å². The van der Waals surface area contributed by atoms with Gasteiger partial charge in [-0.15, -0.1) is 0 Å². The molecule has 1 fully saturated rings. The maximum absolute atomic E-state index is 13.1. The number of hydrogen-bond acceptors (Lipinski definition) is 3. The lowest BCUT2D eigenvalue weighted by molar-refractivity contribution is 0.145. The summed E-state index contributed by atoms with van der Waals surface area (Å²) in [6, 6.07) is 19.7. The van der Waals surface area contributed by atoms with E-state index in [9.17, 15) is 4.79 Å². The number of rotatable bonds is 4. The average molecular weight is 393 g/mol. The summed E-state index contributed by atoms with van der Waals surface area (Å²) in [7, 11) is 1.92. The van der Waals surface area contributed by atoms with Crippen molar-refractivity contribution in [1.29, 1.82) is 0 Å². The van der Waals surface area contributed by atoms with E-state index in [-0.39, 0.29) is 6.03 Å². The zero-order valence-corrected chi connectivity index (χ0v) is 17.6. The summed E-state index contributed by atoms with van der Waals surface area (Å²) >= 11 is 0. The van der Waals surface area contributed by atoms with Crippen LogP contribution in [0.3, 0.4) is 0 Å². The fourth-order valence-electron chi connectivity index (χ4n) is 4.65. The van der Waals surface area contributed by atoms with Gasteiger partial charge in [0, 0.05) is 58.5 Å². The van der Waals surface area contributed by atoms with Gasteiger partial charge >= 0.3 is 6.03 Å². The summed E-state index contributed by atoms with van der Waals surface area (Å²) in [4.78, 5) is 22.1. The van der Waals surface area contributed by atoms with Crippen molar-refractivity contribution in [2.45, 2.75) is 32.5 Å². The first-order valence-corrected chi connectivity index (χ1v) is 10.8. The fourth-order valence-corrected chi connectivity index (χ4v) is 4.65. The third-order valence-corrected chi connectivity index (χ3v) is 6.07. The molecule has 2 aliphatic heterocycles. The number of anilines is 1. The van der Waals surface area contributed by atoms with Crippen molar-refractivity contribution in [2.75, 3.05) is 44.7 Å². The number of para-hydroxylation sites is 1. The van der Waals surface area contributed by atoms with Gasteiger partial charge in [-0.05, 0) is 23.6 Å². The van der Waals surface area contributed by atoms with Gasteiger partial charge < -0.3 is 14.7 Å². The van der Waals surface area contributed by atoms with Crippen LogP contribution in [0.4, 0.5) is 10.5 Å². The molecule has 0 aliphatic carbocycles. The molecule has 154 valence electrons. The summed E-state index contributed by atoms with van der Waals surface area (Å²) in [5, 5.41) is 0. The number of urea groups is 1. The van der Waals surface area contributed by atoms with Crippen LogP contribution in [-0.2, 0) is 13.1 Å². The number of piperazine rings is 1. The van der Waals surface area contributed by atoms with E-state index in [4.69, 9.17) is 0 Å². The van der Waals surface area contributed by atoms with Crippen LogP contribution >= 0.6 is 0 Å². The van der Waals surface area contributed by atoms with Crippen molar-refractivity contribution in [2.24, 2.45) is 0 Å². The molecule has 0 N–H and O–H groups in total. The zero-order valence-electron chi connectivity index (χ0n) is 17.6. The number of carbonyl (C=O) groups is 1. The Morgan fingerprint density at radius 2 is 1.79 bits per heavy atom. The van der Waals surface area contributed by atoms with Crippen LogP contribution in [0.5, 0.6) is 0 Å². The normalized spacial score (nSPS) is 19.3. The van der Waals surface area contributed by atoms with E-state index in [1.54, 1.807) is 0 Å². The van der Waals surface area contributed by atoms with E-state index in [1.807, 2.05) is 16.8 Å². The number of fused-ring (bicyclic) bond motifs is 3. The van der Waals surface area contributed by atoms with Crippen LogP contribution in [-0.4, -0.2) is 66.5 Å². The minimum absolute atomic E-state index is 0.142. The second-order valence-corrected chi connectivity index (χ2v) is 8.28. The standard InChI is InChI=1S/C24H32N4O/c1-3-13-25(2)24(29)27-17-21-11-7-8-12-23(21)28-15-14-26(18-22(28)19-27)16-20-9-5-4-6-10-20/h4-12,22H,3,13-19H2,1-2H3. The van der Waals surface area contributed by atoms with E-state index in [1.165, 1.54) is 16.8 Å². The summed E-state index contributed by atoms with van der Waals surface area (Å²) in [6.45, 7) is 8.37. The summed E-state index contributed by atoms with van der Waals surface area (Å²) < 4.78 is 0. The van der Waals surface area contributed by atoms with Crippen LogP contribution in [0.15, 0.2) is 54.6 Å². The second kappa shape index (κ2) is 8.87. The molecule has 0 bridgehead atoms. The molecule has 2 heterocycles. The van der Waals surface area contributed by atoms with Crippen LogP contribution in [0.2, 0.25) is 0 Å². The molecule has 29 heavy (non-hydrogen) atoms. The van der Waals surface area contributed by atoms with Crippen molar-refractivity contribution < 1.29 is 4.79 Å². The third kappa shape index (κ3) is 4.40. The van der Waals surface area contributed by atoms with Gasteiger partial charge in [-0.2, -0.15) is 0 Å². The van der Waals surface area contributed by atoms with Gasteiger partial charge in [0.05, 0.1) is 6.04 Å². The quantitative estimate of drug-likeness (QED) is 0.796. The second-order valence-electron chi connectivity index (χ2n) is 8.28. The molecule has 4 rings (SSSR count). The summed E-state index contributed by atoms with van der Waals surface area (Å²) in [6.07, 6.45) is 0.979. The van der Waals surface area contributed by atoms with Crippen molar-refractivity contribution in [1.82, 2.24) is 14.7 Å². The molecular weight excluding hydrogens is 360 g/mol. The SMILES string of the molecule is CCCN(C)C(=O)N1Cc2ccccc2N2CCN(Cc3ccccc3)CC2C1. The maximum Gasteiger partial charge on any atom is 0.320 e. The van der Waals surface area contributed by atoms with E-state index in [0.717, 1.165) is 45.7 Å². The summed E-state index contributed by atoms with van der Waals surface area (Å²) in [5.74, 6) is 0. The van der Waals surface area contributed by atoms with Crippen LogP contribution in [0, 0.1) is 0 Å². The lowest BCUT2D eigenvalue weighted by Gasteiger charge is -2.43. The highest BCUT2D eigenvalue weighted by Gasteiger charge is 2.34. The third-order valence-electron chi connectivity index (χ3n) is 6.07. The largest absolute Gasteiger partial charge is 0.364 e. The number of hydrogen-bond donors (Lipinski definition) is 0. The van der Waals surface area contributed by atoms with E-state index in [2.05, 4.69) is 71.3 Å². The Hall–Kier alpha value is -2.53. The molecule has 1 atom stereocenters. The van der Waals surface area contributed by atoms with Gasteiger partial charge in [-0.25, -0.2) is 4.79 Å². The first-order chi connectivity index (χ1) is 14.2. The Morgan fingerprint density at radius 3 is 2.59 bits per heavy atom. The molecule has 5 heteroatoms. The summed E-state index contributed by atoms with van der Waals surface area (Å²) in [5.41, 5.74) is 3.90. The van der Waals surface area contributed by atoms with Crippen molar-refractivity contribution >= 4 is 11.7 Å². The molecule has 2 aliphatic rings. The van der Waals surface area contributed by atoms with Gasteiger partial charge in [-0.1, -0.05) is 55.5 Å². The molecular formula is C24H32N4O. The Balaban J connectivity index is 1.55. The number of amides is 2. The first kappa shape index (κ1) is 19.8. The van der Waals surface area contributed by atoms with Crippen molar-refractivity contribution in [3.63, 3.8) is 0 Å². The lowest BCUT2D eigenvalue weighted by atomic mass is 10.1.